The fourth-order valence-corrected chi connectivity index (χ4v) is 3.03. The molecule has 0 saturated heterocycles. The van der Waals surface area contributed by atoms with E-state index in [-0.39, 0.29) is 11.9 Å². The molecular formula is C18H21BrFN. The van der Waals surface area contributed by atoms with Gasteiger partial charge in [-0.05, 0) is 67.3 Å². The van der Waals surface area contributed by atoms with Crippen LogP contribution in [0.2, 0.25) is 0 Å². The van der Waals surface area contributed by atoms with Crippen molar-refractivity contribution in [3.05, 3.63) is 68.9 Å². The lowest BCUT2D eigenvalue weighted by Gasteiger charge is -2.22. The van der Waals surface area contributed by atoms with E-state index < -0.39 is 0 Å². The summed E-state index contributed by atoms with van der Waals surface area (Å²) in [4.78, 5) is 0. The lowest BCUT2D eigenvalue weighted by Crippen LogP contribution is -2.24. The summed E-state index contributed by atoms with van der Waals surface area (Å²) in [5.74, 6) is -0.186. The molecule has 2 aromatic rings. The molecule has 0 aliphatic rings. The maximum atomic E-state index is 13.0. The topological polar surface area (TPSA) is 12.0 Å². The normalized spacial score (nSPS) is 12.4. The van der Waals surface area contributed by atoms with Gasteiger partial charge in [0.1, 0.15) is 5.82 Å². The molecule has 0 fully saturated rings. The van der Waals surface area contributed by atoms with Gasteiger partial charge >= 0.3 is 0 Å². The molecule has 0 saturated carbocycles. The summed E-state index contributed by atoms with van der Waals surface area (Å²) in [6.45, 7) is 7.25. The molecule has 1 nitrogen and oxygen atoms in total. The number of hydrogen-bond donors (Lipinski definition) is 1. The molecule has 0 spiro atoms. The molecule has 1 unspecified atom stereocenters. The number of benzene rings is 2. The van der Waals surface area contributed by atoms with Gasteiger partial charge in [0, 0.05) is 10.5 Å². The Morgan fingerprint density at radius 1 is 1.10 bits per heavy atom. The predicted octanol–water partition coefficient (Wildman–Crippen LogP) is 5.10. The van der Waals surface area contributed by atoms with Crippen LogP contribution in [0, 0.1) is 19.7 Å². The van der Waals surface area contributed by atoms with Crippen molar-refractivity contribution in [1.29, 1.82) is 0 Å². The quantitative estimate of drug-likeness (QED) is 0.791. The average molecular weight is 350 g/mol. The SMILES string of the molecule is CCNC(Cc1ccc(F)cc1)c1cc(C)c(Br)cc1C. The van der Waals surface area contributed by atoms with E-state index in [9.17, 15) is 4.39 Å². The van der Waals surface area contributed by atoms with Gasteiger partial charge in [-0.2, -0.15) is 0 Å². The van der Waals surface area contributed by atoms with Crippen molar-refractivity contribution in [2.75, 3.05) is 6.54 Å². The minimum absolute atomic E-state index is 0.186. The van der Waals surface area contributed by atoms with Crippen molar-refractivity contribution in [3.63, 3.8) is 0 Å². The van der Waals surface area contributed by atoms with E-state index >= 15 is 0 Å². The van der Waals surface area contributed by atoms with E-state index in [0.29, 0.717) is 0 Å². The highest BCUT2D eigenvalue weighted by Crippen LogP contribution is 2.27. The van der Waals surface area contributed by atoms with Gasteiger partial charge < -0.3 is 5.32 Å². The van der Waals surface area contributed by atoms with Crippen LogP contribution in [0.4, 0.5) is 4.39 Å². The van der Waals surface area contributed by atoms with Gasteiger partial charge in [0.15, 0.2) is 0 Å². The highest BCUT2D eigenvalue weighted by atomic mass is 79.9. The van der Waals surface area contributed by atoms with E-state index in [4.69, 9.17) is 0 Å². The lowest BCUT2D eigenvalue weighted by molar-refractivity contribution is 0.546. The first-order valence-corrected chi connectivity index (χ1v) is 8.05. The Bertz CT molecular complexity index is 607. The average Bonchev–Trinajstić information content (AvgIpc) is 2.45. The van der Waals surface area contributed by atoms with Crippen LogP contribution in [0.25, 0.3) is 0 Å². The fourth-order valence-electron chi connectivity index (χ4n) is 2.57. The fraction of sp³-hybridized carbons (Fsp3) is 0.333. The molecule has 0 radical (unpaired) electrons. The van der Waals surface area contributed by atoms with Crippen LogP contribution < -0.4 is 5.32 Å². The Morgan fingerprint density at radius 2 is 1.76 bits per heavy atom. The van der Waals surface area contributed by atoms with Crippen LogP contribution in [-0.4, -0.2) is 6.54 Å². The zero-order valence-corrected chi connectivity index (χ0v) is 14.3. The van der Waals surface area contributed by atoms with Gasteiger partial charge in [0.25, 0.3) is 0 Å². The molecule has 3 heteroatoms. The second-order valence-electron chi connectivity index (χ2n) is 5.40. The van der Waals surface area contributed by atoms with Crippen LogP contribution in [0.15, 0.2) is 40.9 Å². The zero-order chi connectivity index (χ0) is 15.4. The van der Waals surface area contributed by atoms with Crippen LogP contribution in [0.3, 0.4) is 0 Å². The summed E-state index contributed by atoms with van der Waals surface area (Å²) in [6.07, 6.45) is 0.857. The highest BCUT2D eigenvalue weighted by Gasteiger charge is 2.15. The van der Waals surface area contributed by atoms with E-state index in [2.05, 4.69) is 54.2 Å². The molecule has 0 amide bonds. The first-order chi connectivity index (χ1) is 10.0. The van der Waals surface area contributed by atoms with Gasteiger partial charge in [0.2, 0.25) is 0 Å². The van der Waals surface area contributed by atoms with Crippen molar-refractivity contribution in [2.45, 2.75) is 33.2 Å². The molecule has 1 atom stereocenters. The summed E-state index contributed by atoms with van der Waals surface area (Å²) >= 11 is 3.58. The summed E-state index contributed by atoms with van der Waals surface area (Å²) in [5.41, 5.74) is 4.95. The Labute approximate surface area is 134 Å². The van der Waals surface area contributed by atoms with Crippen molar-refractivity contribution in [2.24, 2.45) is 0 Å². The van der Waals surface area contributed by atoms with Crippen LogP contribution >= 0.6 is 15.9 Å². The number of halogens is 2. The second-order valence-corrected chi connectivity index (χ2v) is 6.25. The lowest BCUT2D eigenvalue weighted by atomic mass is 9.94. The Morgan fingerprint density at radius 3 is 2.38 bits per heavy atom. The highest BCUT2D eigenvalue weighted by molar-refractivity contribution is 9.10. The third-order valence-electron chi connectivity index (χ3n) is 3.73. The maximum Gasteiger partial charge on any atom is 0.123 e. The molecule has 0 heterocycles. The molecular weight excluding hydrogens is 329 g/mol. The van der Waals surface area contributed by atoms with E-state index in [1.807, 2.05) is 12.1 Å². The van der Waals surface area contributed by atoms with Crippen molar-refractivity contribution in [1.82, 2.24) is 5.32 Å². The molecule has 0 bridgehead atoms. The molecule has 2 rings (SSSR count). The zero-order valence-electron chi connectivity index (χ0n) is 12.7. The summed E-state index contributed by atoms with van der Waals surface area (Å²) in [7, 11) is 0. The first-order valence-electron chi connectivity index (χ1n) is 7.25. The largest absolute Gasteiger partial charge is 0.310 e. The summed E-state index contributed by atoms with van der Waals surface area (Å²) in [6, 6.07) is 11.4. The van der Waals surface area contributed by atoms with E-state index in [1.54, 1.807) is 0 Å². The second kappa shape index (κ2) is 7.19. The minimum atomic E-state index is -0.186. The van der Waals surface area contributed by atoms with Crippen molar-refractivity contribution < 1.29 is 4.39 Å². The third-order valence-corrected chi connectivity index (χ3v) is 4.58. The van der Waals surface area contributed by atoms with Crippen LogP contribution in [0.5, 0.6) is 0 Å². The summed E-state index contributed by atoms with van der Waals surface area (Å²) in [5, 5.41) is 3.54. The van der Waals surface area contributed by atoms with Gasteiger partial charge in [-0.1, -0.05) is 41.1 Å². The molecule has 0 aliphatic heterocycles. The molecule has 0 aliphatic carbocycles. The number of nitrogens with one attached hydrogen (secondary N) is 1. The predicted molar refractivity (Wildman–Crippen MR) is 90.1 cm³/mol. The number of aryl methyl sites for hydroxylation is 2. The smallest absolute Gasteiger partial charge is 0.123 e. The number of rotatable bonds is 5. The Kier molecular flexibility index (Phi) is 5.54. The maximum absolute atomic E-state index is 13.0. The van der Waals surface area contributed by atoms with Gasteiger partial charge in [-0.15, -0.1) is 0 Å². The van der Waals surface area contributed by atoms with Gasteiger partial charge in [0.05, 0.1) is 0 Å². The minimum Gasteiger partial charge on any atom is -0.310 e. The van der Waals surface area contributed by atoms with Crippen molar-refractivity contribution in [3.8, 4) is 0 Å². The third kappa shape index (κ3) is 4.14. The first kappa shape index (κ1) is 16.2. The van der Waals surface area contributed by atoms with Crippen molar-refractivity contribution >= 4 is 15.9 Å². The molecule has 0 aromatic heterocycles. The van der Waals surface area contributed by atoms with Gasteiger partial charge in [-0.25, -0.2) is 4.39 Å². The van der Waals surface area contributed by atoms with E-state index in [1.165, 1.54) is 28.8 Å². The summed E-state index contributed by atoms with van der Waals surface area (Å²) < 4.78 is 14.2. The Balaban J connectivity index is 2.30. The monoisotopic (exact) mass is 349 g/mol. The number of hydrogen-bond acceptors (Lipinski definition) is 1. The molecule has 112 valence electrons. The standard InChI is InChI=1S/C18H21BrFN/c1-4-21-18(11-14-5-7-15(20)8-6-14)16-9-13(3)17(19)10-12(16)2/h5-10,18,21H,4,11H2,1-3H3. The molecule has 1 N–H and O–H groups in total. The molecule has 21 heavy (non-hydrogen) atoms. The Hall–Kier alpha value is -1.19. The van der Waals surface area contributed by atoms with E-state index in [0.717, 1.165) is 23.0 Å². The van der Waals surface area contributed by atoms with Crippen LogP contribution in [0.1, 0.15) is 35.2 Å². The van der Waals surface area contributed by atoms with Gasteiger partial charge in [-0.3, -0.25) is 0 Å². The molecule has 2 aromatic carbocycles. The number of likely N-dealkylation sites (N-methyl/N-ethyl adjacent to an activating group) is 1. The van der Waals surface area contributed by atoms with Crippen LogP contribution in [-0.2, 0) is 6.42 Å².